The minimum Gasteiger partial charge on any atom is -0.494 e. The number of ether oxygens (including phenoxy) is 4. The summed E-state index contributed by atoms with van der Waals surface area (Å²) in [6, 6.07) is 8.57. The van der Waals surface area contributed by atoms with Crippen molar-refractivity contribution in [3.05, 3.63) is 61.2 Å². The van der Waals surface area contributed by atoms with Gasteiger partial charge >= 0.3 is 6.61 Å². The highest BCUT2D eigenvalue weighted by atomic mass is 35.5. The fourth-order valence-electron chi connectivity index (χ4n) is 4.11. The van der Waals surface area contributed by atoms with Gasteiger partial charge in [0.05, 0.1) is 49.4 Å². The number of aromatic nitrogens is 3. The lowest BCUT2D eigenvalue weighted by atomic mass is 10.3. The molecule has 0 N–H and O–H groups in total. The molecule has 0 atom stereocenters. The van der Waals surface area contributed by atoms with Crippen molar-refractivity contribution < 1.29 is 32.1 Å². The molecular formula is C36H46Cl2F3N3O4S3. The molecule has 0 amide bonds. The van der Waals surface area contributed by atoms with Crippen LogP contribution >= 0.6 is 57.2 Å². The average molecular weight is 809 g/mol. The van der Waals surface area contributed by atoms with Gasteiger partial charge in [0, 0.05) is 23.2 Å². The Morgan fingerprint density at radius 1 is 0.647 bits per heavy atom. The van der Waals surface area contributed by atoms with Crippen LogP contribution in [0, 0.1) is 26.6 Å². The highest BCUT2D eigenvalue weighted by Gasteiger charge is 2.16. The molecule has 0 saturated carbocycles. The van der Waals surface area contributed by atoms with Crippen molar-refractivity contribution in [3.63, 3.8) is 0 Å². The first-order valence-electron chi connectivity index (χ1n) is 16.4. The van der Waals surface area contributed by atoms with E-state index in [2.05, 4.69) is 19.7 Å². The largest absolute Gasteiger partial charge is 0.494 e. The van der Waals surface area contributed by atoms with Crippen molar-refractivity contribution in [1.29, 1.82) is 0 Å². The van der Waals surface area contributed by atoms with E-state index in [0.29, 0.717) is 29.3 Å². The zero-order chi connectivity index (χ0) is 38.8. The summed E-state index contributed by atoms with van der Waals surface area (Å²) >= 11 is 16.1. The molecule has 7 nitrogen and oxygen atoms in total. The summed E-state index contributed by atoms with van der Waals surface area (Å²) in [5, 5.41) is 3.08. The third-order valence-electron chi connectivity index (χ3n) is 5.76. The van der Waals surface area contributed by atoms with E-state index in [1.165, 1.54) is 35.8 Å². The van der Waals surface area contributed by atoms with E-state index < -0.39 is 12.4 Å². The minimum absolute atomic E-state index is 0.0249. The van der Waals surface area contributed by atoms with Crippen LogP contribution in [-0.4, -0.2) is 41.9 Å². The maximum atomic E-state index is 13.4. The van der Waals surface area contributed by atoms with Gasteiger partial charge in [0.15, 0.2) is 17.3 Å². The molecule has 0 radical (unpaired) electrons. The van der Waals surface area contributed by atoms with Crippen LogP contribution in [0.1, 0.15) is 70.4 Å². The minimum atomic E-state index is -2.87. The number of hydrogen-bond acceptors (Lipinski definition) is 10. The summed E-state index contributed by atoms with van der Waals surface area (Å²) in [6.45, 7) is 20.0. The van der Waals surface area contributed by atoms with Crippen LogP contribution in [0.25, 0.3) is 30.6 Å². The Kier molecular flexibility index (Phi) is 21.1. The van der Waals surface area contributed by atoms with Crippen LogP contribution in [-0.2, 0) is 0 Å². The number of alkyl halides is 2. The van der Waals surface area contributed by atoms with Gasteiger partial charge in [-0.3, -0.25) is 0 Å². The standard InChI is InChI=1S/C12H15NO2S.C9H6ClF2NOS.C9H7ClFNOS.3C2H6/c1-4-14-9-6-10(15-5-2)12-11(7-9)16-8(3)13-12;1-4-13-8-6(14-9(11)12)2-5(10)3-7(8)15-4;1-4-12-9-6(14-4)3-5(13-2)8(11)7(9)10;3*1-2/h6-7H,4-5H2,1-3H3;2-3,9H,1H3;3H,1-2H3;3*1-2H3. The van der Waals surface area contributed by atoms with Gasteiger partial charge in [-0.05, 0) is 46.8 Å². The van der Waals surface area contributed by atoms with Gasteiger partial charge in [0.2, 0.25) is 0 Å². The molecule has 15 heteroatoms. The molecule has 51 heavy (non-hydrogen) atoms. The molecule has 3 aromatic heterocycles. The van der Waals surface area contributed by atoms with Crippen molar-refractivity contribution in [2.24, 2.45) is 0 Å². The Labute approximate surface area is 320 Å². The first kappa shape index (κ1) is 45.9. The van der Waals surface area contributed by atoms with Gasteiger partial charge in [-0.15, -0.1) is 34.0 Å². The van der Waals surface area contributed by atoms with Crippen LogP contribution in [0.5, 0.6) is 23.0 Å². The molecule has 3 heterocycles. The topological polar surface area (TPSA) is 75.6 Å². The Balaban J connectivity index is 0.000000356. The summed E-state index contributed by atoms with van der Waals surface area (Å²) in [5.41, 5.74) is 1.88. The monoisotopic (exact) mass is 807 g/mol. The lowest BCUT2D eigenvalue weighted by molar-refractivity contribution is -0.0489. The Hall–Kier alpha value is -3.10. The molecule has 0 saturated heterocycles. The van der Waals surface area contributed by atoms with Gasteiger partial charge in [-0.25, -0.2) is 19.3 Å². The van der Waals surface area contributed by atoms with Gasteiger partial charge in [-0.1, -0.05) is 64.7 Å². The van der Waals surface area contributed by atoms with Gasteiger partial charge in [0.25, 0.3) is 0 Å². The number of benzene rings is 3. The van der Waals surface area contributed by atoms with E-state index in [9.17, 15) is 13.2 Å². The molecular weight excluding hydrogens is 763 g/mol. The summed E-state index contributed by atoms with van der Waals surface area (Å²) < 4.78 is 60.6. The zero-order valence-corrected chi connectivity index (χ0v) is 34.9. The molecule has 282 valence electrons. The van der Waals surface area contributed by atoms with Crippen molar-refractivity contribution in [2.75, 3.05) is 20.3 Å². The van der Waals surface area contributed by atoms with Crippen molar-refractivity contribution in [1.82, 2.24) is 15.0 Å². The highest BCUT2D eigenvalue weighted by molar-refractivity contribution is 7.19. The fourth-order valence-corrected chi connectivity index (χ4v) is 7.29. The van der Waals surface area contributed by atoms with Gasteiger partial charge in [-0.2, -0.15) is 8.78 Å². The zero-order valence-electron chi connectivity index (χ0n) is 31.0. The number of hydrogen-bond donors (Lipinski definition) is 0. The molecule has 0 aliphatic heterocycles. The van der Waals surface area contributed by atoms with Crippen LogP contribution in [0.2, 0.25) is 10.0 Å². The van der Waals surface area contributed by atoms with Crippen LogP contribution in [0.3, 0.4) is 0 Å². The Morgan fingerprint density at radius 2 is 1.12 bits per heavy atom. The van der Waals surface area contributed by atoms with Gasteiger partial charge in [0.1, 0.15) is 33.1 Å². The smallest absolute Gasteiger partial charge is 0.387 e. The third kappa shape index (κ3) is 13.1. The van der Waals surface area contributed by atoms with Crippen LogP contribution in [0.15, 0.2) is 30.3 Å². The van der Waals surface area contributed by atoms with E-state index in [-0.39, 0.29) is 16.5 Å². The SMILES string of the molecule is CC.CC.CC.CCOc1cc(OCC)c2nc(C)sc2c1.COc1cc2sc(C)nc2c(Cl)c1F.Cc1nc2c(OC(F)F)cc(Cl)cc2s1. The quantitative estimate of drug-likeness (QED) is 0.159. The Morgan fingerprint density at radius 3 is 1.61 bits per heavy atom. The van der Waals surface area contributed by atoms with Crippen LogP contribution < -0.4 is 18.9 Å². The first-order chi connectivity index (χ1) is 24.4. The number of nitrogens with zero attached hydrogens (tertiary/aromatic N) is 3. The number of methoxy groups -OCH3 is 1. The predicted octanol–water partition coefficient (Wildman–Crippen LogP) is 13.7. The average Bonchev–Trinajstić information content (AvgIpc) is 3.80. The Bertz CT molecular complexity index is 1930. The maximum absolute atomic E-state index is 13.4. The second-order valence-corrected chi connectivity index (χ2v) is 13.5. The molecule has 3 aromatic carbocycles. The second-order valence-electron chi connectivity index (χ2n) is 9.02. The summed E-state index contributed by atoms with van der Waals surface area (Å²) in [4.78, 5) is 12.7. The fraction of sp³-hybridized carbons (Fsp3) is 0.417. The lowest BCUT2D eigenvalue weighted by Crippen LogP contribution is -2.02. The van der Waals surface area contributed by atoms with Crippen LogP contribution in [0.4, 0.5) is 13.2 Å². The molecule has 0 aliphatic carbocycles. The lowest BCUT2D eigenvalue weighted by Gasteiger charge is -2.07. The number of halogens is 5. The predicted molar refractivity (Wildman–Crippen MR) is 213 cm³/mol. The molecule has 0 aliphatic rings. The van der Waals surface area contributed by atoms with E-state index in [1.807, 2.05) is 81.4 Å². The second kappa shape index (κ2) is 23.5. The summed E-state index contributed by atoms with van der Waals surface area (Å²) in [6.07, 6.45) is 0. The number of aryl methyl sites for hydroxylation is 3. The third-order valence-corrected chi connectivity index (χ3v) is 9.07. The van der Waals surface area contributed by atoms with Gasteiger partial charge < -0.3 is 18.9 Å². The molecule has 6 rings (SSSR count). The molecule has 6 aromatic rings. The van der Waals surface area contributed by atoms with E-state index >= 15 is 0 Å². The molecule has 0 bridgehead atoms. The van der Waals surface area contributed by atoms with E-state index in [1.54, 1.807) is 30.4 Å². The highest BCUT2D eigenvalue weighted by Crippen LogP contribution is 2.37. The van der Waals surface area contributed by atoms with Crippen molar-refractivity contribution >= 4 is 87.9 Å². The first-order valence-corrected chi connectivity index (χ1v) is 19.6. The number of rotatable bonds is 7. The van der Waals surface area contributed by atoms with Crippen molar-refractivity contribution in [2.45, 2.75) is 82.8 Å². The molecule has 0 spiro atoms. The van der Waals surface area contributed by atoms with E-state index in [0.717, 1.165) is 46.1 Å². The van der Waals surface area contributed by atoms with E-state index in [4.69, 9.17) is 37.4 Å². The summed E-state index contributed by atoms with van der Waals surface area (Å²) in [7, 11) is 1.41. The normalized spacial score (nSPS) is 10.0. The maximum Gasteiger partial charge on any atom is 0.387 e. The summed E-state index contributed by atoms with van der Waals surface area (Å²) in [5.74, 6) is 1.30. The van der Waals surface area contributed by atoms with Crippen molar-refractivity contribution in [3.8, 4) is 23.0 Å². The molecule has 0 unspecified atom stereocenters. The molecule has 0 fully saturated rings. The number of fused-ring (bicyclic) bond motifs is 3. The number of thiazole rings is 3.